The van der Waals surface area contributed by atoms with Gasteiger partial charge >= 0.3 is 5.97 Å². The third-order valence-corrected chi connectivity index (χ3v) is 3.84. The van der Waals surface area contributed by atoms with E-state index in [0.717, 1.165) is 17.4 Å². The number of nitrogens with one attached hydrogen (secondary N) is 1. The Bertz CT molecular complexity index is 802. The largest absolute Gasteiger partial charge is 0.497 e. The van der Waals surface area contributed by atoms with Gasteiger partial charge in [0, 0.05) is 18.2 Å². The molecule has 0 aromatic heterocycles. The zero-order valence-electron chi connectivity index (χ0n) is 15.3. The summed E-state index contributed by atoms with van der Waals surface area (Å²) in [5.41, 5.74) is 1.32. The first-order chi connectivity index (χ1) is 13.0. The molecule has 0 aliphatic rings. The lowest BCUT2D eigenvalue weighted by Gasteiger charge is -2.12. The highest BCUT2D eigenvalue weighted by Crippen LogP contribution is 2.11. The molecule has 5 nitrogen and oxygen atoms in total. The van der Waals surface area contributed by atoms with Gasteiger partial charge in [0.2, 0.25) is 0 Å². The monoisotopic (exact) mass is 371 g/mol. The Kier molecular flexibility index (Phi) is 7.55. The molecule has 6 heteroatoms. The zero-order valence-corrected chi connectivity index (χ0v) is 15.3. The van der Waals surface area contributed by atoms with Gasteiger partial charge in [-0.05, 0) is 43.2 Å². The third kappa shape index (κ3) is 6.58. The van der Waals surface area contributed by atoms with Crippen LogP contribution in [-0.2, 0) is 20.7 Å². The number of hydrogen-bond acceptors (Lipinski definition) is 4. The first kappa shape index (κ1) is 20.2. The van der Waals surface area contributed by atoms with Gasteiger partial charge in [0.25, 0.3) is 5.91 Å². The predicted octanol–water partition coefficient (Wildman–Crippen LogP) is 3.14. The van der Waals surface area contributed by atoms with E-state index in [1.54, 1.807) is 19.2 Å². The van der Waals surface area contributed by atoms with E-state index in [0.29, 0.717) is 13.0 Å². The highest BCUT2D eigenvalue weighted by molar-refractivity contribution is 5.90. The number of carbonyl (C=O) groups excluding carboxylic acids is 2. The van der Waals surface area contributed by atoms with Crippen LogP contribution >= 0.6 is 0 Å². The van der Waals surface area contributed by atoms with Gasteiger partial charge in [-0.25, -0.2) is 9.18 Å². The fourth-order valence-corrected chi connectivity index (χ4v) is 2.30. The molecule has 0 aliphatic carbocycles. The number of benzene rings is 2. The molecule has 0 spiro atoms. The van der Waals surface area contributed by atoms with Crippen molar-refractivity contribution < 1.29 is 23.5 Å². The highest BCUT2D eigenvalue weighted by atomic mass is 19.1. The second-order valence-electron chi connectivity index (χ2n) is 5.82. The van der Waals surface area contributed by atoms with Crippen LogP contribution in [0, 0.1) is 5.82 Å². The van der Waals surface area contributed by atoms with E-state index in [1.165, 1.54) is 25.1 Å². The molecule has 0 radical (unpaired) electrons. The van der Waals surface area contributed by atoms with Crippen LogP contribution in [0.15, 0.2) is 54.6 Å². The van der Waals surface area contributed by atoms with Crippen LogP contribution in [0.3, 0.4) is 0 Å². The fourth-order valence-electron chi connectivity index (χ4n) is 2.30. The number of methoxy groups -OCH3 is 1. The molecule has 1 N–H and O–H groups in total. The summed E-state index contributed by atoms with van der Waals surface area (Å²) in [5, 5.41) is 2.72. The van der Waals surface area contributed by atoms with Crippen LogP contribution in [0.4, 0.5) is 4.39 Å². The SMILES string of the molecule is COc1ccc(CCNC(=O)[C@@H](C)OC(=O)/C=C/c2ccccc2F)cc1. The van der Waals surface area contributed by atoms with Crippen molar-refractivity contribution in [2.45, 2.75) is 19.4 Å². The minimum absolute atomic E-state index is 0.269. The molecule has 0 heterocycles. The molecule has 0 unspecified atom stereocenters. The van der Waals surface area contributed by atoms with Gasteiger partial charge in [0.15, 0.2) is 6.10 Å². The van der Waals surface area contributed by atoms with Crippen molar-refractivity contribution >= 4 is 18.0 Å². The van der Waals surface area contributed by atoms with E-state index in [9.17, 15) is 14.0 Å². The van der Waals surface area contributed by atoms with Crippen molar-refractivity contribution in [3.8, 4) is 5.75 Å². The quantitative estimate of drug-likeness (QED) is 0.572. The number of carbonyl (C=O) groups is 2. The molecule has 1 amide bonds. The maximum Gasteiger partial charge on any atom is 0.331 e. The van der Waals surface area contributed by atoms with Crippen molar-refractivity contribution in [2.24, 2.45) is 0 Å². The second-order valence-corrected chi connectivity index (χ2v) is 5.82. The summed E-state index contributed by atoms with van der Waals surface area (Å²) in [7, 11) is 1.60. The molecule has 0 bridgehead atoms. The van der Waals surface area contributed by atoms with Crippen molar-refractivity contribution in [1.29, 1.82) is 0 Å². The van der Waals surface area contributed by atoms with Crippen LogP contribution in [0.2, 0.25) is 0 Å². The summed E-state index contributed by atoms with van der Waals surface area (Å²) in [6.07, 6.45) is 2.10. The number of amides is 1. The molecular weight excluding hydrogens is 349 g/mol. The number of ether oxygens (including phenoxy) is 2. The van der Waals surface area contributed by atoms with E-state index < -0.39 is 23.8 Å². The Morgan fingerprint density at radius 1 is 1.15 bits per heavy atom. The van der Waals surface area contributed by atoms with Crippen molar-refractivity contribution in [3.05, 3.63) is 71.6 Å². The van der Waals surface area contributed by atoms with E-state index in [1.807, 2.05) is 24.3 Å². The molecular formula is C21H22FNO4. The van der Waals surface area contributed by atoms with Gasteiger partial charge in [-0.15, -0.1) is 0 Å². The smallest absolute Gasteiger partial charge is 0.331 e. The molecule has 2 aromatic carbocycles. The van der Waals surface area contributed by atoms with E-state index in [2.05, 4.69) is 5.32 Å². The molecule has 27 heavy (non-hydrogen) atoms. The molecule has 0 fully saturated rings. The van der Waals surface area contributed by atoms with Gasteiger partial charge in [0.1, 0.15) is 11.6 Å². The molecule has 0 saturated carbocycles. The molecule has 0 saturated heterocycles. The standard InChI is InChI=1S/C21H22FNO4/c1-15(27-20(24)12-9-17-5-3-4-6-19(17)22)21(25)23-14-13-16-7-10-18(26-2)11-8-16/h3-12,15H,13-14H2,1-2H3,(H,23,25)/b12-9+/t15-/m1/s1. The van der Waals surface area contributed by atoms with E-state index in [4.69, 9.17) is 9.47 Å². The summed E-state index contributed by atoms with van der Waals surface area (Å²) in [6, 6.07) is 13.6. The van der Waals surface area contributed by atoms with Crippen LogP contribution in [0.5, 0.6) is 5.75 Å². The number of esters is 1. The zero-order chi connectivity index (χ0) is 19.6. The lowest BCUT2D eigenvalue weighted by molar-refractivity contribution is -0.150. The highest BCUT2D eigenvalue weighted by Gasteiger charge is 2.16. The maximum atomic E-state index is 13.5. The third-order valence-electron chi connectivity index (χ3n) is 3.84. The summed E-state index contributed by atoms with van der Waals surface area (Å²) in [4.78, 5) is 23.8. The number of rotatable bonds is 8. The lowest BCUT2D eigenvalue weighted by atomic mass is 10.1. The Balaban J connectivity index is 1.75. The Morgan fingerprint density at radius 3 is 2.52 bits per heavy atom. The van der Waals surface area contributed by atoms with E-state index >= 15 is 0 Å². The van der Waals surface area contributed by atoms with Crippen LogP contribution in [0.25, 0.3) is 6.08 Å². The normalized spacial score (nSPS) is 11.8. The van der Waals surface area contributed by atoms with E-state index in [-0.39, 0.29) is 5.56 Å². The topological polar surface area (TPSA) is 64.6 Å². The van der Waals surface area contributed by atoms with Crippen LogP contribution < -0.4 is 10.1 Å². The molecule has 1 atom stereocenters. The minimum atomic E-state index is -0.946. The number of halogens is 1. The van der Waals surface area contributed by atoms with Crippen LogP contribution in [0.1, 0.15) is 18.1 Å². The van der Waals surface area contributed by atoms with Gasteiger partial charge in [-0.3, -0.25) is 4.79 Å². The van der Waals surface area contributed by atoms with Gasteiger partial charge in [0.05, 0.1) is 7.11 Å². The van der Waals surface area contributed by atoms with Crippen molar-refractivity contribution in [2.75, 3.05) is 13.7 Å². The molecule has 2 aromatic rings. The maximum absolute atomic E-state index is 13.5. The number of hydrogen-bond donors (Lipinski definition) is 1. The fraction of sp³-hybridized carbons (Fsp3) is 0.238. The molecule has 142 valence electrons. The molecule has 2 rings (SSSR count). The lowest BCUT2D eigenvalue weighted by Crippen LogP contribution is -2.36. The van der Waals surface area contributed by atoms with Crippen molar-refractivity contribution in [1.82, 2.24) is 5.32 Å². The Labute approximate surface area is 157 Å². The average molecular weight is 371 g/mol. The molecule has 0 aliphatic heterocycles. The van der Waals surface area contributed by atoms with Crippen molar-refractivity contribution in [3.63, 3.8) is 0 Å². The minimum Gasteiger partial charge on any atom is -0.497 e. The summed E-state index contributed by atoms with van der Waals surface area (Å²) >= 11 is 0. The Hall–Kier alpha value is -3.15. The second kappa shape index (κ2) is 10.1. The average Bonchev–Trinajstić information content (AvgIpc) is 2.67. The summed E-state index contributed by atoms with van der Waals surface area (Å²) in [5.74, 6) is -0.773. The summed E-state index contributed by atoms with van der Waals surface area (Å²) in [6.45, 7) is 1.90. The van der Waals surface area contributed by atoms with Gasteiger partial charge in [-0.1, -0.05) is 30.3 Å². The van der Waals surface area contributed by atoms with Gasteiger partial charge in [-0.2, -0.15) is 0 Å². The van der Waals surface area contributed by atoms with Gasteiger partial charge < -0.3 is 14.8 Å². The van der Waals surface area contributed by atoms with Crippen LogP contribution in [-0.4, -0.2) is 31.6 Å². The first-order valence-corrected chi connectivity index (χ1v) is 8.53. The summed E-state index contributed by atoms with van der Waals surface area (Å²) < 4.78 is 23.6. The Morgan fingerprint density at radius 2 is 1.85 bits per heavy atom. The first-order valence-electron chi connectivity index (χ1n) is 8.53. The predicted molar refractivity (Wildman–Crippen MR) is 101 cm³/mol.